The lowest BCUT2D eigenvalue weighted by Crippen LogP contribution is -2.48. The maximum Gasteiger partial charge on any atom is 0.328 e. The number of carboxylic acid groups (broad SMARTS) is 1. The van der Waals surface area contributed by atoms with Gasteiger partial charge < -0.3 is 24.2 Å². The second kappa shape index (κ2) is 12.5. The van der Waals surface area contributed by atoms with E-state index < -0.39 is 23.5 Å². The zero-order chi connectivity index (χ0) is 21.0. The minimum absolute atomic E-state index is 0.108. The molecule has 0 aromatic rings. The van der Waals surface area contributed by atoms with Crippen molar-refractivity contribution in [3.63, 3.8) is 0 Å². The van der Waals surface area contributed by atoms with Crippen LogP contribution in [0.2, 0.25) is 0 Å². The predicted molar refractivity (Wildman–Crippen MR) is 102 cm³/mol. The minimum Gasteiger partial charge on any atom is -0.480 e. The Hall–Kier alpha value is -1.95. The van der Waals surface area contributed by atoms with E-state index in [9.17, 15) is 14.7 Å². The van der Waals surface area contributed by atoms with Crippen molar-refractivity contribution in [1.29, 1.82) is 5.26 Å². The lowest BCUT2D eigenvalue weighted by molar-refractivity contribution is -0.219. The van der Waals surface area contributed by atoms with Crippen LogP contribution < -0.4 is 0 Å². The zero-order valence-corrected chi connectivity index (χ0v) is 16.9. The molecule has 1 aliphatic heterocycles. The summed E-state index contributed by atoms with van der Waals surface area (Å²) in [5.41, 5.74) is -0.479. The molecule has 0 bridgehead atoms. The minimum atomic E-state index is -1.21. The van der Waals surface area contributed by atoms with E-state index in [2.05, 4.69) is 6.58 Å². The summed E-state index contributed by atoms with van der Waals surface area (Å²) in [6.07, 6.45) is 5.41. The SMILES string of the molecule is C=CCCC(=O)N(CC#N)C(COCCC(C)(C)OC1CCCCO1)C(=O)O. The quantitative estimate of drug-likeness (QED) is 0.289. The third-order valence-corrected chi connectivity index (χ3v) is 4.50. The lowest BCUT2D eigenvalue weighted by Gasteiger charge is -2.33. The Balaban J connectivity index is 2.52. The number of nitrogens with zero attached hydrogens (tertiary/aromatic N) is 2. The standard InChI is InChI=1S/C20H32N2O6/c1-4-5-8-17(23)22(12-11-21)16(19(24)25)15-26-14-10-20(2,3)28-18-9-6-7-13-27-18/h4,16,18H,1,5-10,12-15H2,2-3H3,(H,24,25). The first-order valence-corrected chi connectivity index (χ1v) is 9.68. The zero-order valence-electron chi connectivity index (χ0n) is 16.9. The van der Waals surface area contributed by atoms with E-state index in [0.29, 0.717) is 19.4 Å². The molecular weight excluding hydrogens is 364 g/mol. The highest BCUT2D eigenvalue weighted by atomic mass is 16.7. The Morgan fingerprint density at radius 3 is 2.79 bits per heavy atom. The number of carbonyl (C=O) groups is 2. The summed E-state index contributed by atoms with van der Waals surface area (Å²) >= 11 is 0. The van der Waals surface area contributed by atoms with Gasteiger partial charge in [0, 0.05) is 19.6 Å². The van der Waals surface area contributed by atoms with Gasteiger partial charge in [-0.2, -0.15) is 5.26 Å². The van der Waals surface area contributed by atoms with Crippen LogP contribution in [0.5, 0.6) is 0 Å². The molecule has 0 radical (unpaired) electrons. The van der Waals surface area contributed by atoms with Crippen molar-refractivity contribution in [3.8, 4) is 6.07 Å². The van der Waals surface area contributed by atoms with Gasteiger partial charge in [0.1, 0.15) is 6.54 Å². The number of carboxylic acids is 1. The molecule has 1 fully saturated rings. The van der Waals surface area contributed by atoms with Gasteiger partial charge in [0.05, 0.1) is 18.3 Å². The first-order chi connectivity index (χ1) is 13.3. The summed E-state index contributed by atoms with van der Waals surface area (Å²) < 4.78 is 17.1. The summed E-state index contributed by atoms with van der Waals surface area (Å²) in [5, 5.41) is 18.4. The highest BCUT2D eigenvalue weighted by Gasteiger charge is 2.30. The molecule has 28 heavy (non-hydrogen) atoms. The Morgan fingerprint density at radius 1 is 1.46 bits per heavy atom. The second-order valence-corrected chi connectivity index (χ2v) is 7.36. The van der Waals surface area contributed by atoms with Crippen molar-refractivity contribution in [2.75, 3.05) is 26.4 Å². The van der Waals surface area contributed by atoms with Gasteiger partial charge in [0.2, 0.25) is 5.91 Å². The predicted octanol–water partition coefficient (Wildman–Crippen LogP) is 2.49. The number of rotatable bonds is 13. The van der Waals surface area contributed by atoms with Gasteiger partial charge >= 0.3 is 5.97 Å². The van der Waals surface area contributed by atoms with Crippen LogP contribution in [-0.4, -0.2) is 66.2 Å². The molecule has 0 spiro atoms. The smallest absolute Gasteiger partial charge is 0.328 e. The van der Waals surface area contributed by atoms with Gasteiger partial charge in [-0.15, -0.1) is 6.58 Å². The molecule has 0 aromatic carbocycles. The fourth-order valence-electron chi connectivity index (χ4n) is 2.84. The first kappa shape index (κ1) is 24.1. The first-order valence-electron chi connectivity index (χ1n) is 9.68. The molecule has 0 aromatic heterocycles. The van der Waals surface area contributed by atoms with Crippen LogP contribution in [0.3, 0.4) is 0 Å². The second-order valence-electron chi connectivity index (χ2n) is 7.36. The molecular formula is C20H32N2O6. The Morgan fingerprint density at radius 2 is 2.21 bits per heavy atom. The molecule has 8 nitrogen and oxygen atoms in total. The molecule has 1 rings (SSSR count). The van der Waals surface area contributed by atoms with Crippen molar-refractivity contribution < 1.29 is 28.9 Å². The Bertz CT molecular complexity index is 551. The van der Waals surface area contributed by atoms with Crippen LogP contribution in [-0.2, 0) is 23.8 Å². The summed E-state index contributed by atoms with van der Waals surface area (Å²) in [6.45, 7) is 7.89. The highest BCUT2D eigenvalue weighted by molar-refractivity contribution is 5.84. The molecule has 1 N–H and O–H groups in total. The summed E-state index contributed by atoms with van der Waals surface area (Å²) in [5.74, 6) is -1.61. The Labute approximate surface area is 167 Å². The van der Waals surface area contributed by atoms with Gasteiger partial charge in [-0.1, -0.05) is 6.08 Å². The topological polar surface area (TPSA) is 109 Å². The highest BCUT2D eigenvalue weighted by Crippen LogP contribution is 2.23. The van der Waals surface area contributed by atoms with E-state index in [1.165, 1.54) is 0 Å². The average Bonchev–Trinajstić information content (AvgIpc) is 2.65. The van der Waals surface area contributed by atoms with Crippen LogP contribution in [0.15, 0.2) is 12.7 Å². The molecule has 2 unspecified atom stereocenters. The number of carbonyl (C=O) groups excluding carboxylic acids is 1. The lowest BCUT2D eigenvalue weighted by atomic mass is 10.1. The normalized spacial score (nSPS) is 18.1. The van der Waals surface area contributed by atoms with Crippen molar-refractivity contribution >= 4 is 11.9 Å². The third-order valence-electron chi connectivity index (χ3n) is 4.50. The number of amides is 1. The molecule has 0 saturated carbocycles. The molecule has 1 amide bonds. The van der Waals surface area contributed by atoms with E-state index in [4.69, 9.17) is 19.5 Å². The largest absolute Gasteiger partial charge is 0.480 e. The van der Waals surface area contributed by atoms with Gasteiger partial charge in [-0.25, -0.2) is 4.79 Å². The van der Waals surface area contributed by atoms with Crippen molar-refractivity contribution in [2.45, 2.75) is 70.3 Å². The van der Waals surface area contributed by atoms with Crippen molar-refractivity contribution in [3.05, 3.63) is 12.7 Å². The molecule has 8 heteroatoms. The van der Waals surface area contributed by atoms with E-state index in [-0.39, 0.29) is 32.5 Å². The fraction of sp³-hybridized carbons (Fsp3) is 0.750. The van der Waals surface area contributed by atoms with Gasteiger partial charge in [-0.3, -0.25) is 4.79 Å². The van der Waals surface area contributed by atoms with E-state index in [1.807, 2.05) is 19.9 Å². The number of hydrogen-bond acceptors (Lipinski definition) is 6. The van der Waals surface area contributed by atoms with Gasteiger partial charge in [0.15, 0.2) is 12.3 Å². The molecule has 1 saturated heterocycles. The van der Waals surface area contributed by atoms with Gasteiger partial charge in [-0.05, 0) is 46.0 Å². The summed E-state index contributed by atoms with van der Waals surface area (Å²) in [6, 6.07) is 0.641. The van der Waals surface area contributed by atoms with Crippen LogP contribution in [0.4, 0.5) is 0 Å². The van der Waals surface area contributed by atoms with Crippen molar-refractivity contribution in [2.24, 2.45) is 0 Å². The average molecular weight is 396 g/mol. The summed E-state index contributed by atoms with van der Waals surface area (Å²) in [4.78, 5) is 24.9. The number of nitriles is 1. The molecule has 0 aliphatic carbocycles. The maximum absolute atomic E-state index is 12.2. The number of aliphatic carboxylic acids is 1. The van der Waals surface area contributed by atoms with E-state index >= 15 is 0 Å². The third kappa shape index (κ3) is 8.83. The van der Waals surface area contributed by atoms with Crippen molar-refractivity contribution in [1.82, 2.24) is 4.90 Å². The summed E-state index contributed by atoms with van der Waals surface area (Å²) in [7, 11) is 0. The maximum atomic E-state index is 12.2. The Kier molecular flexibility index (Phi) is 10.8. The van der Waals surface area contributed by atoms with Gasteiger partial charge in [0.25, 0.3) is 0 Å². The number of allylic oxidation sites excluding steroid dienone is 1. The van der Waals surface area contributed by atoms with Crippen LogP contribution >= 0.6 is 0 Å². The molecule has 1 aliphatic rings. The van der Waals surface area contributed by atoms with Crippen LogP contribution in [0.25, 0.3) is 0 Å². The molecule has 1 heterocycles. The molecule has 158 valence electrons. The molecule has 2 atom stereocenters. The van der Waals surface area contributed by atoms with Crippen LogP contribution in [0, 0.1) is 11.3 Å². The van der Waals surface area contributed by atoms with E-state index in [0.717, 1.165) is 24.2 Å². The number of hydrogen-bond donors (Lipinski definition) is 1. The monoisotopic (exact) mass is 396 g/mol. The van der Waals surface area contributed by atoms with Crippen LogP contribution in [0.1, 0.15) is 52.4 Å². The number of ether oxygens (including phenoxy) is 3. The van der Waals surface area contributed by atoms with E-state index in [1.54, 1.807) is 6.08 Å². The fourth-order valence-corrected chi connectivity index (χ4v) is 2.84.